The fourth-order valence-electron chi connectivity index (χ4n) is 1.77. The number of carbonyl (C=O) groups excluding carboxylic acids is 1. The van der Waals surface area contributed by atoms with Crippen LogP contribution in [0.5, 0.6) is 0 Å². The number of hydrogen-bond donors (Lipinski definition) is 1. The van der Waals surface area contributed by atoms with Crippen molar-refractivity contribution in [1.82, 2.24) is 5.32 Å². The zero-order chi connectivity index (χ0) is 13.8. The lowest BCUT2D eigenvalue weighted by Crippen LogP contribution is -2.27. The molecule has 1 heterocycles. The maximum absolute atomic E-state index is 12.3. The third kappa shape index (κ3) is 3.68. The minimum absolute atomic E-state index is 0.0616. The molecule has 1 amide bonds. The van der Waals surface area contributed by atoms with E-state index in [9.17, 15) is 4.79 Å². The van der Waals surface area contributed by atoms with E-state index in [4.69, 9.17) is 0 Å². The molecule has 0 aliphatic rings. The van der Waals surface area contributed by atoms with Crippen LogP contribution >= 0.6 is 43.2 Å². The van der Waals surface area contributed by atoms with E-state index in [0.717, 1.165) is 15.4 Å². The molecule has 0 saturated heterocycles. The Morgan fingerprint density at radius 2 is 2.16 bits per heavy atom. The Morgan fingerprint density at radius 3 is 2.79 bits per heavy atom. The number of benzene rings is 1. The first kappa shape index (κ1) is 14.8. The molecule has 0 spiro atoms. The third-order valence-electron chi connectivity index (χ3n) is 2.77. The molecule has 2 rings (SSSR count). The Kier molecular flexibility index (Phi) is 5.19. The van der Waals surface area contributed by atoms with Crippen LogP contribution in [0.2, 0.25) is 0 Å². The largest absolute Gasteiger partial charge is 0.344 e. The number of nitrogens with one attached hydrogen (secondary N) is 1. The maximum atomic E-state index is 12.3. The Balaban J connectivity index is 2.18. The average molecular weight is 403 g/mol. The van der Waals surface area contributed by atoms with E-state index >= 15 is 0 Å². The number of hydrogen-bond acceptors (Lipinski definition) is 2. The van der Waals surface area contributed by atoms with Crippen molar-refractivity contribution in [3.05, 3.63) is 55.1 Å². The Bertz CT molecular complexity index is 569. The van der Waals surface area contributed by atoms with Gasteiger partial charge in [0.05, 0.1) is 11.6 Å². The molecular weight excluding hydrogens is 390 g/mol. The molecule has 0 aliphatic carbocycles. The van der Waals surface area contributed by atoms with Crippen LogP contribution in [-0.4, -0.2) is 5.91 Å². The Morgan fingerprint density at radius 1 is 1.37 bits per heavy atom. The van der Waals surface area contributed by atoms with Gasteiger partial charge in [0.1, 0.15) is 0 Å². The molecule has 1 aromatic heterocycles. The summed E-state index contributed by atoms with van der Waals surface area (Å²) in [6.45, 7) is 2.07. The van der Waals surface area contributed by atoms with Gasteiger partial charge in [-0.15, -0.1) is 11.3 Å². The fourth-order valence-corrected chi connectivity index (χ4v) is 3.42. The van der Waals surface area contributed by atoms with Crippen molar-refractivity contribution in [2.75, 3.05) is 0 Å². The smallest absolute Gasteiger partial charge is 0.252 e. The standard InChI is InChI=1S/C14H13Br2NOS/c1-2-12(13-4-3-7-19-13)17-14(18)10-8-9(15)5-6-11(10)16/h3-8,12H,2H2,1H3,(H,17,18). The minimum Gasteiger partial charge on any atom is -0.344 e. The molecule has 100 valence electrons. The highest BCUT2D eigenvalue weighted by molar-refractivity contribution is 9.11. The number of halogens is 2. The number of amides is 1. The van der Waals surface area contributed by atoms with Crippen molar-refractivity contribution in [2.45, 2.75) is 19.4 Å². The first-order valence-corrected chi connectivity index (χ1v) is 8.37. The number of carbonyl (C=O) groups is 1. The van der Waals surface area contributed by atoms with Gasteiger partial charge in [0.25, 0.3) is 5.91 Å². The van der Waals surface area contributed by atoms with Crippen LogP contribution in [0.25, 0.3) is 0 Å². The molecule has 1 unspecified atom stereocenters. The van der Waals surface area contributed by atoms with Gasteiger partial charge in [-0.25, -0.2) is 0 Å². The van der Waals surface area contributed by atoms with E-state index in [-0.39, 0.29) is 11.9 Å². The van der Waals surface area contributed by atoms with Gasteiger partial charge in [0.15, 0.2) is 0 Å². The monoisotopic (exact) mass is 401 g/mol. The first-order valence-electron chi connectivity index (χ1n) is 5.91. The van der Waals surface area contributed by atoms with Gasteiger partial charge >= 0.3 is 0 Å². The normalized spacial score (nSPS) is 12.2. The molecule has 2 aromatic rings. The van der Waals surface area contributed by atoms with Crippen LogP contribution in [-0.2, 0) is 0 Å². The topological polar surface area (TPSA) is 29.1 Å². The molecule has 0 radical (unpaired) electrons. The van der Waals surface area contributed by atoms with E-state index < -0.39 is 0 Å². The lowest BCUT2D eigenvalue weighted by atomic mass is 10.1. The summed E-state index contributed by atoms with van der Waals surface area (Å²) in [4.78, 5) is 13.5. The van der Waals surface area contributed by atoms with E-state index in [0.29, 0.717) is 5.56 Å². The van der Waals surface area contributed by atoms with E-state index in [1.807, 2.05) is 29.6 Å². The van der Waals surface area contributed by atoms with Crippen LogP contribution in [0.15, 0.2) is 44.7 Å². The molecule has 0 aliphatic heterocycles. The summed E-state index contributed by atoms with van der Waals surface area (Å²) in [6, 6.07) is 9.71. The summed E-state index contributed by atoms with van der Waals surface area (Å²) < 4.78 is 1.69. The zero-order valence-electron chi connectivity index (χ0n) is 10.3. The Hall–Kier alpha value is -0.650. The van der Waals surface area contributed by atoms with Gasteiger partial charge in [-0.2, -0.15) is 0 Å². The third-order valence-corrected chi connectivity index (χ3v) is 4.94. The minimum atomic E-state index is -0.0616. The molecule has 1 atom stereocenters. The van der Waals surface area contributed by atoms with E-state index in [1.54, 1.807) is 11.3 Å². The van der Waals surface area contributed by atoms with Gasteiger partial charge < -0.3 is 5.32 Å². The molecular formula is C14H13Br2NOS. The quantitative estimate of drug-likeness (QED) is 0.752. The summed E-state index contributed by atoms with van der Waals surface area (Å²) in [5, 5.41) is 5.10. The summed E-state index contributed by atoms with van der Waals surface area (Å²) in [6.07, 6.45) is 0.873. The molecule has 0 saturated carbocycles. The molecule has 19 heavy (non-hydrogen) atoms. The lowest BCUT2D eigenvalue weighted by molar-refractivity contribution is 0.0935. The van der Waals surface area contributed by atoms with Gasteiger partial charge in [-0.05, 0) is 52.0 Å². The van der Waals surface area contributed by atoms with Crippen LogP contribution in [0.1, 0.15) is 34.6 Å². The molecule has 1 N–H and O–H groups in total. The van der Waals surface area contributed by atoms with Gasteiger partial charge in [0.2, 0.25) is 0 Å². The Labute approximate surface area is 133 Å². The SMILES string of the molecule is CCC(NC(=O)c1cc(Br)ccc1Br)c1cccs1. The molecule has 5 heteroatoms. The maximum Gasteiger partial charge on any atom is 0.252 e. The van der Waals surface area contributed by atoms with E-state index in [1.165, 1.54) is 4.88 Å². The predicted molar refractivity (Wildman–Crippen MR) is 86.7 cm³/mol. The van der Waals surface area contributed by atoms with Gasteiger partial charge in [0, 0.05) is 13.8 Å². The van der Waals surface area contributed by atoms with Crippen molar-refractivity contribution >= 4 is 49.1 Å². The number of thiophene rings is 1. The summed E-state index contributed by atoms with van der Waals surface area (Å²) in [5.74, 6) is -0.0616. The zero-order valence-corrected chi connectivity index (χ0v) is 14.3. The van der Waals surface area contributed by atoms with Crippen LogP contribution < -0.4 is 5.32 Å². The average Bonchev–Trinajstić information content (AvgIpc) is 2.92. The van der Waals surface area contributed by atoms with Crippen molar-refractivity contribution in [3.63, 3.8) is 0 Å². The molecule has 2 nitrogen and oxygen atoms in total. The highest BCUT2D eigenvalue weighted by atomic mass is 79.9. The first-order chi connectivity index (χ1) is 9.11. The van der Waals surface area contributed by atoms with Crippen molar-refractivity contribution in [2.24, 2.45) is 0 Å². The van der Waals surface area contributed by atoms with Crippen molar-refractivity contribution in [1.29, 1.82) is 0 Å². The highest BCUT2D eigenvalue weighted by Gasteiger charge is 2.16. The van der Waals surface area contributed by atoms with Gasteiger partial charge in [-0.3, -0.25) is 4.79 Å². The van der Waals surface area contributed by atoms with Crippen molar-refractivity contribution in [3.8, 4) is 0 Å². The predicted octanol–water partition coefficient (Wildman–Crippen LogP) is 5.15. The fraction of sp³-hybridized carbons (Fsp3) is 0.214. The highest BCUT2D eigenvalue weighted by Crippen LogP contribution is 2.25. The second kappa shape index (κ2) is 6.68. The van der Waals surface area contributed by atoms with Crippen LogP contribution in [0.4, 0.5) is 0 Å². The number of rotatable bonds is 4. The van der Waals surface area contributed by atoms with Gasteiger partial charge in [-0.1, -0.05) is 28.9 Å². The molecule has 1 aromatic carbocycles. The van der Waals surface area contributed by atoms with Crippen molar-refractivity contribution < 1.29 is 4.79 Å². The second-order valence-corrected chi connectivity index (χ2v) is 6.82. The lowest BCUT2D eigenvalue weighted by Gasteiger charge is -2.16. The second-order valence-electron chi connectivity index (χ2n) is 4.07. The summed E-state index contributed by atoms with van der Waals surface area (Å²) >= 11 is 8.46. The van der Waals surface area contributed by atoms with Crippen LogP contribution in [0, 0.1) is 0 Å². The summed E-state index contributed by atoms with van der Waals surface area (Å²) in [7, 11) is 0. The summed E-state index contributed by atoms with van der Waals surface area (Å²) in [5.41, 5.74) is 0.643. The van der Waals surface area contributed by atoms with E-state index in [2.05, 4.69) is 50.2 Å². The molecule has 0 bridgehead atoms. The van der Waals surface area contributed by atoms with Crippen LogP contribution in [0.3, 0.4) is 0 Å². The molecule has 0 fully saturated rings.